The molecule has 0 saturated carbocycles. The maximum Gasteiger partial charge on any atom is 0.399 e. The van der Waals surface area contributed by atoms with Crippen molar-refractivity contribution in [3.63, 3.8) is 0 Å². The minimum Gasteiger partial charge on any atom is -0.273 e. The van der Waals surface area contributed by atoms with Crippen LogP contribution in [0.3, 0.4) is 0 Å². The molecule has 0 fully saturated rings. The average Bonchev–Trinajstić information content (AvgIpc) is 2.70. The largest absolute Gasteiger partial charge is 0.399 e. The lowest BCUT2D eigenvalue weighted by Gasteiger charge is -2.18. The van der Waals surface area contributed by atoms with E-state index in [4.69, 9.17) is 34.8 Å². The lowest BCUT2D eigenvalue weighted by molar-refractivity contribution is -0.139. The standard InChI is InChI=1S/C21H18Cl3F3N2O2/c1-3-18(30)29(2)28-20(31)13-7-4-12(5-8-13)6-9-15(21(25,26)27)14-10-16(22)19(24)17(23)11-14/h4-11,15H,3H2,1-2H3,(H,28,31)/b9-6+. The molecule has 2 aromatic rings. The molecule has 0 aliphatic carbocycles. The zero-order valence-electron chi connectivity index (χ0n) is 16.4. The van der Waals surface area contributed by atoms with Crippen LogP contribution in [0, 0.1) is 0 Å². The SMILES string of the molecule is CCC(=O)N(C)NC(=O)c1ccc(/C=C/C(c2cc(Cl)c(Cl)c(Cl)c2)C(F)(F)F)cc1. The molecule has 2 rings (SSSR count). The van der Waals surface area contributed by atoms with E-state index in [9.17, 15) is 22.8 Å². The van der Waals surface area contributed by atoms with E-state index < -0.39 is 18.0 Å². The number of hydrogen-bond acceptors (Lipinski definition) is 2. The maximum atomic E-state index is 13.6. The number of halogens is 6. The first-order chi connectivity index (χ1) is 14.4. The summed E-state index contributed by atoms with van der Waals surface area (Å²) in [5.41, 5.74) is 2.95. The average molecular weight is 494 g/mol. The molecule has 10 heteroatoms. The highest BCUT2D eigenvalue weighted by atomic mass is 35.5. The highest BCUT2D eigenvalue weighted by Crippen LogP contribution is 2.41. The van der Waals surface area contributed by atoms with Crippen molar-refractivity contribution in [2.45, 2.75) is 25.4 Å². The van der Waals surface area contributed by atoms with E-state index in [1.165, 1.54) is 37.4 Å². The summed E-state index contributed by atoms with van der Waals surface area (Å²) in [7, 11) is 1.42. The Morgan fingerprint density at radius 3 is 2.13 bits per heavy atom. The van der Waals surface area contributed by atoms with Gasteiger partial charge < -0.3 is 0 Å². The second kappa shape index (κ2) is 10.4. The first-order valence-corrected chi connectivity index (χ1v) is 10.1. The Balaban J connectivity index is 2.22. The van der Waals surface area contributed by atoms with Gasteiger partial charge in [0.15, 0.2) is 0 Å². The maximum absolute atomic E-state index is 13.6. The lowest BCUT2D eigenvalue weighted by Crippen LogP contribution is -2.43. The monoisotopic (exact) mass is 492 g/mol. The fourth-order valence-electron chi connectivity index (χ4n) is 2.63. The molecular weight excluding hydrogens is 476 g/mol. The number of carbonyl (C=O) groups excluding carboxylic acids is 2. The molecule has 1 atom stereocenters. The molecule has 0 spiro atoms. The van der Waals surface area contributed by atoms with Crippen LogP contribution >= 0.6 is 34.8 Å². The molecule has 1 N–H and O–H groups in total. The molecule has 166 valence electrons. The number of hydrazine groups is 1. The predicted molar refractivity (Wildman–Crippen MR) is 116 cm³/mol. The Bertz CT molecular complexity index is 969. The Morgan fingerprint density at radius 2 is 1.65 bits per heavy atom. The summed E-state index contributed by atoms with van der Waals surface area (Å²) < 4.78 is 40.8. The molecule has 31 heavy (non-hydrogen) atoms. The van der Waals surface area contributed by atoms with Gasteiger partial charge >= 0.3 is 6.18 Å². The van der Waals surface area contributed by atoms with Crippen LogP contribution in [0.5, 0.6) is 0 Å². The number of rotatable bonds is 5. The third-order valence-corrected chi connectivity index (χ3v) is 5.51. The summed E-state index contributed by atoms with van der Waals surface area (Å²) in [6.07, 6.45) is -2.11. The molecule has 2 aromatic carbocycles. The number of hydrogen-bond donors (Lipinski definition) is 1. The van der Waals surface area contributed by atoms with Crippen molar-refractivity contribution in [2.75, 3.05) is 7.05 Å². The fourth-order valence-corrected chi connectivity index (χ4v) is 3.25. The first kappa shape index (κ1) is 25.0. The van der Waals surface area contributed by atoms with Crippen molar-refractivity contribution in [1.29, 1.82) is 0 Å². The second-order valence-electron chi connectivity index (χ2n) is 6.55. The summed E-state index contributed by atoms with van der Waals surface area (Å²) in [5, 5.41) is 0.909. The van der Waals surface area contributed by atoms with Gasteiger partial charge in [0.1, 0.15) is 0 Å². The van der Waals surface area contributed by atoms with Crippen LogP contribution in [0.4, 0.5) is 13.2 Å². The number of alkyl halides is 3. The molecular formula is C21H18Cl3F3N2O2. The van der Waals surface area contributed by atoms with Crippen molar-refractivity contribution in [2.24, 2.45) is 0 Å². The number of amides is 2. The Labute approximate surface area is 192 Å². The molecule has 0 aliphatic heterocycles. The van der Waals surface area contributed by atoms with Crippen LogP contribution < -0.4 is 5.43 Å². The molecule has 0 aliphatic rings. The Morgan fingerprint density at radius 1 is 1.10 bits per heavy atom. The van der Waals surface area contributed by atoms with Crippen molar-refractivity contribution >= 4 is 52.7 Å². The summed E-state index contributed by atoms with van der Waals surface area (Å²) in [4.78, 5) is 23.7. The zero-order valence-corrected chi connectivity index (χ0v) is 18.7. The van der Waals surface area contributed by atoms with E-state index in [2.05, 4.69) is 5.43 Å². The number of nitrogens with one attached hydrogen (secondary N) is 1. The van der Waals surface area contributed by atoms with Crippen molar-refractivity contribution in [3.05, 3.63) is 74.2 Å². The van der Waals surface area contributed by atoms with Crippen LogP contribution in [-0.4, -0.2) is 30.0 Å². The van der Waals surface area contributed by atoms with Gasteiger partial charge in [-0.05, 0) is 35.4 Å². The van der Waals surface area contributed by atoms with E-state index in [0.29, 0.717) is 5.56 Å². The van der Waals surface area contributed by atoms with E-state index in [-0.39, 0.29) is 38.5 Å². The summed E-state index contributed by atoms with van der Waals surface area (Å²) in [6, 6.07) is 8.11. The van der Waals surface area contributed by atoms with Crippen LogP contribution in [0.2, 0.25) is 15.1 Å². The van der Waals surface area contributed by atoms with Gasteiger partial charge in [-0.25, -0.2) is 0 Å². The quantitative estimate of drug-likeness (QED) is 0.381. The topological polar surface area (TPSA) is 49.4 Å². The minimum absolute atomic E-state index is 0.0165. The second-order valence-corrected chi connectivity index (χ2v) is 7.74. The van der Waals surface area contributed by atoms with Gasteiger partial charge in [0, 0.05) is 19.0 Å². The summed E-state index contributed by atoms with van der Waals surface area (Å²) in [6.45, 7) is 1.66. The van der Waals surface area contributed by atoms with Crippen LogP contribution in [-0.2, 0) is 4.79 Å². The van der Waals surface area contributed by atoms with Crippen molar-refractivity contribution < 1.29 is 22.8 Å². The normalized spacial score (nSPS) is 12.6. The number of allylic oxidation sites excluding steroid dienone is 1. The molecule has 4 nitrogen and oxygen atoms in total. The van der Waals surface area contributed by atoms with Crippen molar-refractivity contribution in [1.82, 2.24) is 10.4 Å². The van der Waals surface area contributed by atoms with Gasteiger partial charge in [0.2, 0.25) is 5.91 Å². The number of benzene rings is 2. The number of nitrogens with zero attached hydrogens (tertiary/aromatic N) is 1. The van der Waals surface area contributed by atoms with E-state index in [1.54, 1.807) is 6.92 Å². The van der Waals surface area contributed by atoms with Crippen LogP contribution in [0.15, 0.2) is 42.5 Å². The predicted octanol–water partition coefficient (Wildman–Crippen LogP) is 6.52. The van der Waals surface area contributed by atoms with Gasteiger partial charge in [-0.3, -0.25) is 20.0 Å². The van der Waals surface area contributed by atoms with Gasteiger partial charge in [0.05, 0.1) is 21.0 Å². The molecule has 0 saturated heterocycles. The molecule has 1 unspecified atom stereocenters. The van der Waals surface area contributed by atoms with Gasteiger partial charge in [-0.15, -0.1) is 0 Å². The van der Waals surface area contributed by atoms with Crippen LogP contribution in [0.1, 0.15) is 40.7 Å². The van der Waals surface area contributed by atoms with Crippen molar-refractivity contribution in [3.8, 4) is 0 Å². The lowest BCUT2D eigenvalue weighted by atomic mass is 9.97. The molecule has 0 heterocycles. The molecule has 0 radical (unpaired) electrons. The summed E-state index contributed by atoms with van der Waals surface area (Å²) >= 11 is 17.6. The highest BCUT2D eigenvalue weighted by Gasteiger charge is 2.39. The molecule has 2 amide bonds. The van der Waals surface area contributed by atoms with E-state index in [0.717, 1.165) is 23.2 Å². The van der Waals surface area contributed by atoms with Gasteiger partial charge in [0.25, 0.3) is 5.91 Å². The fraction of sp³-hybridized carbons (Fsp3) is 0.238. The smallest absolute Gasteiger partial charge is 0.273 e. The Hall–Kier alpha value is -2.22. The highest BCUT2D eigenvalue weighted by molar-refractivity contribution is 6.48. The van der Waals surface area contributed by atoms with Crippen LogP contribution in [0.25, 0.3) is 6.08 Å². The summed E-state index contributed by atoms with van der Waals surface area (Å²) in [5.74, 6) is -2.75. The Kier molecular flexibility index (Phi) is 8.40. The molecule has 0 bridgehead atoms. The van der Waals surface area contributed by atoms with E-state index >= 15 is 0 Å². The minimum atomic E-state index is -4.59. The van der Waals surface area contributed by atoms with Gasteiger partial charge in [-0.2, -0.15) is 13.2 Å². The third-order valence-electron chi connectivity index (χ3n) is 4.32. The van der Waals surface area contributed by atoms with E-state index in [1.807, 2.05) is 0 Å². The number of carbonyl (C=O) groups is 2. The van der Waals surface area contributed by atoms with Gasteiger partial charge in [-0.1, -0.05) is 66.0 Å². The molecule has 0 aromatic heterocycles. The zero-order chi connectivity index (χ0) is 23.3. The first-order valence-electron chi connectivity index (χ1n) is 9.01. The third kappa shape index (κ3) is 6.63.